The number of anilines is 2. The highest BCUT2D eigenvalue weighted by molar-refractivity contribution is 5.72. The van der Waals surface area contributed by atoms with Crippen molar-refractivity contribution in [1.82, 2.24) is 25.5 Å². The van der Waals surface area contributed by atoms with Crippen molar-refractivity contribution in [1.29, 1.82) is 0 Å². The van der Waals surface area contributed by atoms with Gasteiger partial charge in [-0.2, -0.15) is 4.98 Å². The van der Waals surface area contributed by atoms with E-state index in [-0.39, 0.29) is 5.95 Å². The number of likely N-dealkylation sites (N-methyl/N-ethyl adjacent to an activating group) is 2. The maximum atomic E-state index is 11.1. The number of amides is 1. The summed E-state index contributed by atoms with van der Waals surface area (Å²) in [5.74, 6) is 7.35. The molecule has 0 unspecified atom stereocenters. The zero-order chi connectivity index (χ0) is 63.3. The van der Waals surface area contributed by atoms with Crippen LogP contribution in [-0.2, 0) is 13.0 Å². The number of piperazine rings is 1. The maximum Gasteiger partial charge on any atom is 0.412 e. The summed E-state index contributed by atoms with van der Waals surface area (Å²) in [6.07, 6.45) is 2.56. The number of nitrogens with one attached hydrogen (secondary N) is 2. The number of nitrogens with zero attached hydrogens (tertiary/aromatic N) is 5. The van der Waals surface area contributed by atoms with Gasteiger partial charge in [-0.1, -0.05) is 25.1 Å². The Bertz CT molecular complexity index is 2740. The summed E-state index contributed by atoms with van der Waals surface area (Å²) < 4.78 is 68.9. The van der Waals surface area contributed by atoms with Crippen LogP contribution < -0.4 is 78.9 Å². The Morgan fingerprint density at radius 3 is 1.65 bits per heavy atom. The highest BCUT2D eigenvalue weighted by Gasteiger charge is 2.35. The lowest BCUT2D eigenvalue weighted by molar-refractivity contribution is -0.923. The van der Waals surface area contributed by atoms with E-state index in [1.54, 1.807) is 80.9 Å². The zero-order valence-corrected chi connectivity index (χ0v) is 54.3. The number of nitrogen functional groups attached to an aromatic ring is 2. The van der Waals surface area contributed by atoms with Crippen molar-refractivity contribution in [3.8, 4) is 69.0 Å². The molecule has 0 spiro atoms. The fourth-order valence-electron chi connectivity index (χ4n) is 9.92. The Kier molecular flexibility index (Phi) is 29.5. The fourth-order valence-corrected chi connectivity index (χ4v) is 9.92. The summed E-state index contributed by atoms with van der Waals surface area (Å²) in [6.45, 7) is 35.1. The van der Waals surface area contributed by atoms with Gasteiger partial charge in [0.15, 0.2) is 46.0 Å². The number of quaternary nitrogens is 2. The van der Waals surface area contributed by atoms with E-state index in [1.165, 1.54) is 7.05 Å². The van der Waals surface area contributed by atoms with E-state index < -0.39 is 11.9 Å². The molecular weight excluding hydrogens is 1100 g/mol. The van der Waals surface area contributed by atoms with Gasteiger partial charge >= 0.3 is 6.09 Å². The topological polar surface area (TPSA) is 233 Å². The molecular formula is C64H101N9O13+2. The number of nitrogens with two attached hydrogens (primary N) is 2. The average Bonchev–Trinajstić information content (AvgIpc) is 4.13. The Hall–Kier alpha value is -7.53. The van der Waals surface area contributed by atoms with Crippen molar-refractivity contribution in [3.05, 3.63) is 83.6 Å². The molecule has 2 aliphatic rings. The second-order valence-corrected chi connectivity index (χ2v) is 20.9. The molecule has 2 aliphatic heterocycles. The number of hydrogen-bond acceptors (Lipinski definition) is 19. The number of fused-ring (bicyclic) bond motifs is 1. The van der Waals surface area contributed by atoms with Crippen LogP contribution in [0.1, 0.15) is 85.4 Å². The molecule has 7 rings (SSSR count). The molecule has 4 aromatic carbocycles. The molecule has 6 N–H and O–H groups in total. The first-order chi connectivity index (χ1) is 41.4. The van der Waals surface area contributed by atoms with Crippen LogP contribution in [0.3, 0.4) is 0 Å². The summed E-state index contributed by atoms with van der Waals surface area (Å²) >= 11 is 0. The van der Waals surface area contributed by atoms with Gasteiger partial charge in [0, 0.05) is 77.4 Å². The lowest BCUT2D eigenvalue weighted by atomic mass is 10.1. The largest absolute Gasteiger partial charge is 0.493 e. The van der Waals surface area contributed by atoms with Crippen LogP contribution in [0.15, 0.2) is 66.9 Å². The molecule has 1 fully saturated rings. The van der Waals surface area contributed by atoms with Crippen molar-refractivity contribution in [2.75, 3.05) is 160 Å². The molecule has 0 atom stereocenters. The van der Waals surface area contributed by atoms with E-state index in [9.17, 15) is 4.79 Å². The third kappa shape index (κ3) is 20.3. The highest BCUT2D eigenvalue weighted by atomic mass is 16.7. The van der Waals surface area contributed by atoms with E-state index in [0.717, 1.165) is 140 Å². The van der Waals surface area contributed by atoms with E-state index in [2.05, 4.69) is 74.0 Å². The maximum absolute atomic E-state index is 11.1. The predicted molar refractivity (Wildman–Crippen MR) is 338 cm³/mol. The van der Waals surface area contributed by atoms with Crippen molar-refractivity contribution in [2.24, 2.45) is 0 Å². The molecule has 86 heavy (non-hydrogen) atoms. The third-order valence-electron chi connectivity index (χ3n) is 15.5. The van der Waals surface area contributed by atoms with Crippen LogP contribution in [0.25, 0.3) is 0 Å². The van der Waals surface area contributed by atoms with E-state index in [1.807, 2.05) is 42.5 Å². The molecule has 1 saturated heterocycles. The summed E-state index contributed by atoms with van der Waals surface area (Å²) in [4.78, 5) is 21.4. The molecule has 0 saturated carbocycles. The third-order valence-corrected chi connectivity index (χ3v) is 15.5. The van der Waals surface area contributed by atoms with Gasteiger partial charge in [0.2, 0.25) is 34.7 Å². The van der Waals surface area contributed by atoms with Crippen LogP contribution in [0.2, 0.25) is 0 Å². The van der Waals surface area contributed by atoms with E-state index in [0.29, 0.717) is 78.1 Å². The minimum atomic E-state index is -0.732. The summed E-state index contributed by atoms with van der Waals surface area (Å²) in [5.41, 5.74) is 14.2. The smallest absolute Gasteiger partial charge is 0.412 e. The van der Waals surface area contributed by atoms with Crippen LogP contribution in [0.5, 0.6) is 69.0 Å². The molecule has 0 aliphatic carbocycles. The zero-order valence-electron chi connectivity index (χ0n) is 54.3. The van der Waals surface area contributed by atoms with E-state index >= 15 is 0 Å². The number of benzene rings is 4. The summed E-state index contributed by atoms with van der Waals surface area (Å²) in [7, 11) is 11.1. The number of aromatic nitrogens is 2. The normalized spacial score (nSPS) is 13.2. The minimum Gasteiger partial charge on any atom is -0.493 e. The highest BCUT2D eigenvalue weighted by Crippen LogP contribution is 2.46. The van der Waals surface area contributed by atoms with Crippen LogP contribution in [-0.4, -0.2) is 184 Å². The van der Waals surface area contributed by atoms with Gasteiger partial charge in [0.05, 0.1) is 88.5 Å². The summed E-state index contributed by atoms with van der Waals surface area (Å²) in [6, 6.07) is 18.9. The Balaban J connectivity index is 0.000000252. The van der Waals surface area contributed by atoms with E-state index in [4.69, 9.17) is 68.3 Å². The predicted octanol–water partition coefficient (Wildman–Crippen LogP) is 9.27. The van der Waals surface area contributed by atoms with Gasteiger partial charge in [-0.05, 0) is 96.0 Å². The Labute approximate surface area is 511 Å². The van der Waals surface area contributed by atoms with Gasteiger partial charge in [0.25, 0.3) is 0 Å². The molecule has 3 heterocycles. The van der Waals surface area contributed by atoms with Gasteiger partial charge in [-0.15, -0.1) is 0 Å². The number of para-hydroxylation sites is 2. The number of carbonyl (C=O) groups excluding carboxylic acids is 1. The lowest BCUT2D eigenvalue weighted by Crippen LogP contribution is -2.50. The first kappa shape index (κ1) is 71.0. The first-order valence-electron chi connectivity index (χ1n) is 29.9. The van der Waals surface area contributed by atoms with Gasteiger partial charge < -0.3 is 87.9 Å². The fraction of sp³-hybridized carbons (Fsp3) is 0.547. The molecule has 0 radical (unpaired) electrons. The van der Waals surface area contributed by atoms with Gasteiger partial charge in [-0.3, -0.25) is 4.90 Å². The standard InChI is InChI=1S/C25H48N2O3.C14H18N4O3.C14H22N2O3.C11H13NO4/c1-8-20-30-25-23(28-21-18-26(9-2,10-3)11-4)16-15-17-24(25)29-22-19-27(12-5,13-6)14-7;1-19-10-5-8(6-11(20-2)12(10)21-3)4-9-7-17-14(16)18-13(9)15;1-17-12-5-4-11(13(18-2)14(12)19-3)10-16-8-6-15-7-9-16;1-11(2)15-8-6-4-5-7(9(8)16-11)14-10(13)12-3/h15-17H,8-14,18-22H2,1-7H3;5-7H,4H2,1-3H3,(H4,15,16,17,18);4-5,15H,6-10H2,1-3H3;4-6H,1-3H3,(H,12,13)/q+2;;;. The molecule has 22 nitrogen and oxygen atoms in total. The average molecular weight is 1200 g/mol. The SMILES string of the molecule is CCCOc1c(OCC[N+](CC)(CC)CC)cccc1OCC[N+](CC)(CC)CC.CNC(=O)Oc1cccc2c1OC(C)(C)O2.COc1cc(Cc2cnc(N)nc2N)cc(OC)c1OC.COc1ccc(CN2CCNCC2)c(OC)c1OC. The first-order valence-corrected chi connectivity index (χ1v) is 29.9. The molecule has 478 valence electrons. The van der Waals surface area contributed by atoms with Crippen molar-refractivity contribution in [3.63, 3.8) is 0 Å². The van der Waals surface area contributed by atoms with Gasteiger partial charge in [-0.25, -0.2) is 9.78 Å². The number of hydrogen-bond donors (Lipinski definition) is 4. The number of ether oxygens (including phenoxy) is 12. The van der Waals surface area contributed by atoms with Crippen LogP contribution in [0, 0.1) is 0 Å². The monoisotopic (exact) mass is 1200 g/mol. The minimum absolute atomic E-state index is 0.154. The summed E-state index contributed by atoms with van der Waals surface area (Å²) in [5, 5.41) is 5.72. The number of rotatable bonds is 28. The van der Waals surface area contributed by atoms with Crippen molar-refractivity contribution >= 4 is 17.9 Å². The van der Waals surface area contributed by atoms with Crippen molar-refractivity contribution in [2.45, 2.75) is 87.5 Å². The van der Waals surface area contributed by atoms with Crippen LogP contribution >= 0.6 is 0 Å². The molecule has 1 amide bonds. The molecule has 1 aromatic heterocycles. The lowest BCUT2D eigenvalue weighted by Gasteiger charge is -2.35. The van der Waals surface area contributed by atoms with Gasteiger partial charge in [0.1, 0.15) is 32.1 Å². The molecule has 0 bridgehead atoms. The second kappa shape index (κ2) is 35.8. The Morgan fingerprint density at radius 1 is 0.628 bits per heavy atom. The number of methoxy groups -OCH3 is 6. The van der Waals surface area contributed by atoms with Crippen molar-refractivity contribution < 1.29 is 70.6 Å². The van der Waals surface area contributed by atoms with Crippen LogP contribution in [0.4, 0.5) is 16.6 Å². The quantitative estimate of drug-likeness (QED) is 0.0342. The molecule has 22 heteroatoms. The Morgan fingerprint density at radius 2 is 1.16 bits per heavy atom. The number of carbonyl (C=O) groups is 1. The second-order valence-electron chi connectivity index (χ2n) is 20.9. The molecule has 5 aromatic rings.